The minimum Gasteiger partial charge on any atom is -0.290 e. The first-order valence-electron chi connectivity index (χ1n) is 7.28. The summed E-state index contributed by atoms with van der Waals surface area (Å²) in [5.74, 6) is 0.299. The van der Waals surface area contributed by atoms with Crippen molar-refractivity contribution in [2.45, 2.75) is 25.7 Å². The second-order valence-corrected chi connectivity index (χ2v) is 6.04. The first-order chi connectivity index (χ1) is 11.1. The summed E-state index contributed by atoms with van der Waals surface area (Å²) in [7, 11) is 0. The molecular weight excluding hydrogens is 316 g/mol. The summed E-state index contributed by atoms with van der Waals surface area (Å²) in [6.07, 6.45) is 6.55. The number of fused-ring (bicyclic) bond motifs is 3. The smallest absolute Gasteiger partial charge is 0.261 e. The van der Waals surface area contributed by atoms with Gasteiger partial charge < -0.3 is 0 Å². The average Bonchev–Trinajstić information content (AvgIpc) is 3.15. The molecule has 1 aliphatic carbocycles. The van der Waals surface area contributed by atoms with Gasteiger partial charge in [0, 0.05) is 5.69 Å². The van der Waals surface area contributed by atoms with E-state index in [-0.39, 0.29) is 11.9 Å². The van der Waals surface area contributed by atoms with Crippen molar-refractivity contribution in [3.63, 3.8) is 0 Å². The highest BCUT2D eigenvalue weighted by Gasteiger charge is 2.25. The molecule has 0 radical (unpaired) electrons. The summed E-state index contributed by atoms with van der Waals surface area (Å²) in [5, 5.41) is 11.1. The quantitative estimate of drug-likeness (QED) is 0.781. The van der Waals surface area contributed by atoms with Crippen molar-refractivity contribution in [3.8, 4) is 0 Å². The maximum absolute atomic E-state index is 12.6. The number of aromatic nitrogens is 5. The van der Waals surface area contributed by atoms with Crippen LogP contribution in [0.5, 0.6) is 0 Å². The van der Waals surface area contributed by atoms with Gasteiger partial charge in [0.2, 0.25) is 5.95 Å². The molecule has 8 heteroatoms. The first kappa shape index (κ1) is 14.1. The largest absolute Gasteiger partial charge is 0.290 e. The van der Waals surface area contributed by atoms with Crippen molar-refractivity contribution in [1.29, 1.82) is 0 Å². The van der Waals surface area contributed by atoms with Crippen LogP contribution in [0.25, 0.3) is 5.65 Å². The Hall–Kier alpha value is -2.54. The van der Waals surface area contributed by atoms with E-state index in [9.17, 15) is 4.79 Å². The lowest BCUT2D eigenvalue weighted by Gasteiger charge is -2.10. The number of carbonyl (C=O) groups excluding carboxylic acids is 1. The van der Waals surface area contributed by atoms with Gasteiger partial charge in [0.05, 0.1) is 23.0 Å². The number of pyridine rings is 1. The fraction of sp³-hybridized carbons (Fsp3) is 0.267. The zero-order chi connectivity index (χ0) is 16.0. The van der Waals surface area contributed by atoms with Gasteiger partial charge in [0.1, 0.15) is 6.33 Å². The summed E-state index contributed by atoms with van der Waals surface area (Å²) in [4.78, 5) is 20.6. The molecule has 3 aromatic heterocycles. The molecule has 0 saturated heterocycles. The number of hydrogen-bond donors (Lipinski definition) is 1. The van der Waals surface area contributed by atoms with Crippen molar-refractivity contribution >= 4 is 29.1 Å². The van der Waals surface area contributed by atoms with Crippen molar-refractivity contribution in [2.75, 3.05) is 5.32 Å². The number of hydrogen-bond acceptors (Lipinski definition) is 5. The van der Waals surface area contributed by atoms with Crippen LogP contribution in [0.15, 0.2) is 24.8 Å². The third kappa shape index (κ3) is 2.33. The first-order valence-corrected chi connectivity index (χ1v) is 7.65. The second-order valence-electron chi connectivity index (χ2n) is 5.60. The molecule has 3 heterocycles. The topological polar surface area (TPSA) is 85.1 Å². The van der Waals surface area contributed by atoms with Gasteiger partial charge in [-0.1, -0.05) is 18.5 Å². The summed E-state index contributed by atoms with van der Waals surface area (Å²) < 4.78 is 1.90. The van der Waals surface area contributed by atoms with Crippen molar-refractivity contribution in [2.24, 2.45) is 0 Å². The van der Waals surface area contributed by atoms with Crippen molar-refractivity contribution in [1.82, 2.24) is 24.6 Å². The molecule has 1 atom stereocenters. The maximum atomic E-state index is 12.6. The van der Waals surface area contributed by atoms with Crippen LogP contribution in [0, 0.1) is 0 Å². The van der Waals surface area contributed by atoms with E-state index in [1.54, 1.807) is 6.33 Å². The van der Waals surface area contributed by atoms with E-state index in [1.165, 1.54) is 23.7 Å². The Labute approximate surface area is 136 Å². The fourth-order valence-electron chi connectivity index (χ4n) is 2.97. The van der Waals surface area contributed by atoms with Gasteiger partial charge >= 0.3 is 0 Å². The van der Waals surface area contributed by atoms with E-state index < -0.39 is 0 Å². The molecule has 1 N–H and O–H groups in total. The van der Waals surface area contributed by atoms with E-state index in [2.05, 4.69) is 32.4 Å². The van der Waals surface area contributed by atoms with E-state index in [0.717, 1.165) is 12.8 Å². The Morgan fingerprint density at radius 1 is 1.39 bits per heavy atom. The molecule has 23 heavy (non-hydrogen) atoms. The number of amides is 1. The average molecular weight is 329 g/mol. The lowest BCUT2D eigenvalue weighted by molar-refractivity contribution is 0.102. The van der Waals surface area contributed by atoms with Crippen molar-refractivity contribution < 1.29 is 4.79 Å². The van der Waals surface area contributed by atoms with Gasteiger partial charge in [-0.25, -0.2) is 9.97 Å². The number of nitrogens with zero attached hydrogens (tertiary/aromatic N) is 5. The van der Waals surface area contributed by atoms with E-state index >= 15 is 0 Å². The summed E-state index contributed by atoms with van der Waals surface area (Å²) in [6, 6.07) is 1.91. The van der Waals surface area contributed by atoms with E-state index in [4.69, 9.17) is 11.6 Å². The minimum absolute atomic E-state index is 0.200. The number of aryl methyl sites for hydroxylation is 1. The minimum atomic E-state index is -0.313. The number of carbonyl (C=O) groups is 1. The Morgan fingerprint density at radius 3 is 2.96 bits per heavy atom. The van der Waals surface area contributed by atoms with Gasteiger partial charge in [-0.15, -0.1) is 10.2 Å². The number of halogens is 1. The Morgan fingerprint density at radius 2 is 2.17 bits per heavy atom. The number of anilines is 1. The lowest BCUT2D eigenvalue weighted by Crippen LogP contribution is -2.16. The molecule has 0 unspecified atom stereocenters. The Bertz CT molecular complexity index is 904. The molecule has 3 aromatic rings. The molecule has 0 spiro atoms. The molecule has 4 rings (SSSR count). The summed E-state index contributed by atoms with van der Waals surface area (Å²) >= 11 is 5.75. The maximum Gasteiger partial charge on any atom is 0.261 e. The zero-order valence-electron chi connectivity index (χ0n) is 12.3. The van der Waals surface area contributed by atoms with Crippen LogP contribution in [0.2, 0.25) is 5.02 Å². The third-order valence-electron chi connectivity index (χ3n) is 4.15. The highest BCUT2D eigenvalue weighted by atomic mass is 35.5. The Balaban J connectivity index is 1.76. The monoisotopic (exact) mass is 328 g/mol. The van der Waals surface area contributed by atoms with Crippen LogP contribution in [0.3, 0.4) is 0 Å². The molecular formula is C15H13ClN6O. The SMILES string of the molecule is C[C@H]1CCc2c1cc(C(=O)Nc1ncc(Cl)cn1)c1nncn21. The molecule has 7 nitrogen and oxygen atoms in total. The highest BCUT2D eigenvalue weighted by Crippen LogP contribution is 2.34. The fourth-order valence-corrected chi connectivity index (χ4v) is 3.07. The molecule has 1 aliphatic rings. The predicted octanol–water partition coefficient (Wildman–Crippen LogP) is 2.47. The third-order valence-corrected chi connectivity index (χ3v) is 4.34. The molecule has 1 amide bonds. The van der Waals surface area contributed by atoms with Crippen LogP contribution in [-0.4, -0.2) is 30.5 Å². The second kappa shape index (κ2) is 5.27. The van der Waals surface area contributed by atoms with Gasteiger partial charge in [-0.3, -0.25) is 14.5 Å². The van der Waals surface area contributed by atoms with Crippen LogP contribution < -0.4 is 5.32 Å². The molecule has 0 aliphatic heterocycles. The van der Waals surface area contributed by atoms with Crippen LogP contribution in [0.1, 0.15) is 40.9 Å². The predicted molar refractivity (Wildman–Crippen MR) is 84.7 cm³/mol. The lowest BCUT2D eigenvalue weighted by atomic mass is 10.0. The Kier molecular flexibility index (Phi) is 3.23. The summed E-state index contributed by atoms with van der Waals surface area (Å²) in [6.45, 7) is 2.16. The van der Waals surface area contributed by atoms with Gasteiger partial charge in [-0.05, 0) is 30.4 Å². The molecule has 0 fully saturated rings. The standard InChI is InChI=1S/C15H13ClN6O/c1-8-2-3-12-10(8)4-11(13-21-19-7-22(12)13)14(23)20-15-17-5-9(16)6-18-15/h4-8H,2-3H2,1H3,(H,17,18,20,23)/t8-/m0/s1. The van der Waals surface area contributed by atoms with Crippen LogP contribution >= 0.6 is 11.6 Å². The van der Waals surface area contributed by atoms with Gasteiger partial charge in [0.15, 0.2) is 5.65 Å². The molecule has 0 aromatic carbocycles. The van der Waals surface area contributed by atoms with Gasteiger partial charge in [0.25, 0.3) is 5.91 Å². The van der Waals surface area contributed by atoms with E-state index in [1.807, 2.05) is 10.5 Å². The zero-order valence-corrected chi connectivity index (χ0v) is 13.1. The van der Waals surface area contributed by atoms with Crippen molar-refractivity contribution in [3.05, 3.63) is 46.6 Å². The van der Waals surface area contributed by atoms with Crippen LogP contribution in [0.4, 0.5) is 5.95 Å². The molecule has 0 saturated carbocycles. The molecule has 116 valence electrons. The van der Waals surface area contributed by atoms with Gasteiger partial charge in [-0.2, -0.15) is 0 Å². The van der Waals surface area contributed by atoms with E-state index in [0.29, 0.717) is 22.2 Å². The molecule has 0 bridgehead atoms. The van der Waals surface area contributed by atoms with Crippen LogP contribution in [-0.2, 0) is 6.42 Å². The summed E-state index contributed by atoms with van der Waals surface area (Å²) in [5.41, 5.74) is 3.36. The highest BCUT2D eigenvalue weighted by molar-refractivity contribution is 6.30. The normalized spacial score (nSPS) is 16.5. The number of nitrogens with one attached hydrogen (secondary N) is 1. The number of rotatable bonds is 2.